The monoisotopic (exact) mass is 256 g/mol. The molecule has 0 unspecified atom stereocenters. The van der Waals surface area contributed by atoms with E-state index in [2.05, 4.69) is 20.4 Å². The summed E-state index contributed by atoms with van der Waals surface area (Å²) in [4.78, 5) is 11.5. The van der Waals surface area contributed by atoms with Crippen molar-refractivity contribution in [3.63, 3.8) is 0 Å². The van der Waals surface area contributed by atoms with E-state index < -0.39 is 5.97 Å². The van der Waals surface area contributed by atoms with E-state index in [9.17, 15) is 4.79 Å². The molecule has 1 aromatic rings. The molecule has 0 amide bonds. The normalized spacial score (nSPS) is 11.3. The van der Waals surface area contributed by atoms with E-state index in [1.54, 1.807) is 0 Å². The molecule has 0 saturated carbocycles. The predicted molar refractivity (Wildman–Crippen MR) is 64.8 cm³/mol. The van der Waals surface area contributed by atoms with Gasteiger partial charge < -0.3 is 4.74 Å². The van der Waals surface area contributed by atoms with Gasteiger partial charge in [-0.3, -0.25) is 0 Å². The zero-order valence-electron chi connectivity index (χ0n) is 10.2. The number of carbonyl (C=O) groups excluding carboxylic acids is 1. The Balaban J connectivity index is 2.52. The molecular weight excluding hydrogens is 240 g/mol. The van der Waals surface area contributed by atoms with Gasteiger partial charge in [-0.1, -0.05) is 24.7 Å². The molecule has 1 aromatic heterocycles. The van der Waals surface area contributed by atoms with Gasteiger partial charge in [0, 0.05) is 0 Å². The molecular formula is C10H16N4O2S. The van der Waals surface area contributed by atoms with E-state index in [1.807, 2.05) is 20.8 Å². The molecule has 6 nitrogen and oxygen atoms in total. The molecule has 0 N–H and O–H groups in total. The summed E-state index contributed by atoms with van der Waals surface area (Å²) in [5.74, 6) is -0.443. The molecule has 0 aliphatic rings. The molecule has 0 saturated heterocycles. The van der Waals surface area contributed by atoms with Crippen LogP contribution in [0.25, 0.3) is 0 Å². The van der Waals surface area contributed by atoms with Crippen LogP contribution in [0, 0.1) is 0 Å². The lowest BCUT2D eigenvalue weighted by Crippen LogP contribution is -2.05. The van der Waals surface area contributed by atoms with Gasteiger partial charge >= 0.3 is 5.97 Å². The van der Waals surface area contributed by atoms with Crippen LogP contribution < -0.4 is 0 Å². The number of hydrogen-bond acceptors (Lipinski definition) is 7. The van der Waals surface area contributed by atoms with Gasteiger partial charge in [-0.15, -0.1) is 15.3 Å². The standard InChI is InChI=1S/C10H16N4O2S/c1-4-5-6-16-9(15)8-12-14-10(17-8)13-11-7(2)3/h7H,4-6H2,1-3H3. The van der Waals surface area contributed by atoms with Gasteiger partial charge in [0.15, 0.2) is 0 Å². The van der Waals surface area contributed by atoms with Crippen molar-refractivity contribution in [1.82, 2.24) is 10.2 Å². The molecule has 0 atom stereocenters. The molecule has 1 heterocycles. The summed E-state index contributed by atoms with van der Waals surface area (Å²) in [6.07, 6.45) is 1.84. The minimum atomic E-state index is -0.443. The van der Waals surface area contributed by atoms with Gasteiger partial charge in [0.2, 0.25) is 5.01 Å². The van der Waals surface area contributed by atoms with Crippen LogP contribution in [0.2, 0.25) is 0 Å². The summed E-state index contributed by atoms with van der Waals surface area (Å²) in [7, 11) is 0. The third-order valence-corrected chi connectivity index (χ3v) is 2.48. The van der Waals surface area contributed by atoms with E-state index in [0.717, 1.165) is 24.2 Å². The summed E-state index contributed by atoms with van der Waals surface area (Å²) < 4.78 is 5.00. The Kier molecular flexibility index (Phi) is 5.68. The predicted octanol–water partition coefficient (Wildman–Crippen LogP) is 2.99. The Hall–Kier alpha value is -1.37. The minimum absolute atomic E-state index is 0.0962. The maximum absolute atomic E-state index is 11.5. The van der Waals surface area contributed by atoms with E-state index in [0.29, 0.717) is 11.7 Å². The number of hydrogen-bond donors (Lipinski definition) is 0. The second-order valence-electron chi connectivity index (χ2n) is 3.69. The fourth-order valence-electron chi connectivity index (χ4n) is 0.874. The second-order valence-corrected chi connectivity index (χ2v) is 4.64. The first-order valence-corrected chi connectivity index (χ1v) is 6.36. The van der Waals surface area contributed by atoms with Crippen LogP contribution in [0.1, 0.15) is 43.4 Å². The van der Waals surface area contributed by atoms with Crippen molar-refractivity contribution in [3.8, 4) is 0 Å². The third kappa shape index (κ3) is 4.99. The molecule has 1 rings (SSSR count). The topological polar surface area (TPSA) is 76.8 Å². The maximum Gasteiger partial charge on any atom is 0.369 e. The van der Waals surface area contributed by atoms with Crippen molar-refractivity contribution in [1.29, 1.82) is 0 Å². The van der Waals surface area contributed by atoms with Crippen molar-refractivity contribution in [2.24, 2.45) is 10.2 Å². The molecule has 94 valence electrons. The Morgan fingerprint density at radius 1 is 1.47 bits per heavy atom. The van der Waals surface area contributed by atoms with Crippen LogP contribution in [0.5, 0.6) is 0 Å². The Labute approximate surface area is 104 Å². The molecule has 0 aromatic carbocycles. The number of azo groups is 1. The number of ether oxygens (including phenoxy) is 1. The lowest BCUT2D eigenvalue weighted by molar-refractivity contribution is 0.0498. The zero-order valence-corrected chi connectivity index (χ0v) is 11.0. The Bertz CT molecular complexity index is 389. The van der Waals surface area contributed by atoms with Crippen LogP contribution >= 0.6 is 11.3 Å². The second kappa shape index (κ2) is 7.05. The first-order valence-electron chi connectivity index (χ1n) is 5.55. The first-order chi connectivity index (χ1) is 8.13. The fraction of sp³-hybridized carbons (Fsp3) is 0.700. The number of aromatic nitrogens is 2. The van der Waals surface area contributed by atoms with Gasteiger partial charge in [0.1, 0.15) is 0 Å². The van der Waals surface area contributed by atoms with Crippen molar-refractivity contribution in [2.45, 2.75) is 39.7 Å². The molecule has 7 heteroatoms. The Morgan fingerprint density at radius 2 is 2.24 bits per heavy atom. The van der Waals surface area contributed by atoms with E-state index in [1.165, 1.54) is 0 Å². The van der Waals surface area contributed by atoms with Gasteiger partial charge in [0.05, 0.1) is 12.6 Å². The molecule has 0 spiro atoms. The van der Waals surface area contributed by atoms with Crippen molar-refractivity contribution >= 4 is 22.4 Å². The van der Waals surface area contributed by atoms with Crippen LogP contribution in [0.15, 0.2) is 10.2 Å². The average molecular weight is 256 g/mol. The number of unbranched alkanes of at least 4 members (excludes halogenated alkanes) is 1. The summed E-state index contributed by atoms with van der Waals surface area (Å²) in [6.45, 7) is 6.26. The SMILES string of the molecule is CCCCOC(=O)c1nnc(N=NC(C)C)s1. The van der Waals surface area contributed by atoms with Crippen LogP contribution in [-0.2, 0) is 4.74 Å². The van der Waals surface area contributed by atoms with E-state index in [-0.39, 0.29) is 11.0 Å². The summed E-state index contributed by atoms with van der Waals surface area (Å²) in [6, 6.07) is 0.0962. The first kappa shape index (κ1) is 13.7. The molecule has 17 heavy (non-hydrogen) atoms. The number of rotatable bonds is 6. The van der Waals surface area contributed by atoms with Crippen LogP contribution in [0.4, 0.5) is 5.13 Å². The highest BCUT2D eigenvalue weighted by atomic mass is 32.1. The van der Waals surface area contributed by atoms with Crippen molar-refractivity contribution < 1.29 is 9.53 Å². The van der Waals surface area contributed by atoms with Gasteiger partial charge in [-0.25, -0.2) is 4.79 Å². The molecule has 0 aliphatic carbocycles. The van der Waals surface area contributed by atoms with E-state index >= 15 is 0 Å². The fourth-order valence-corrected chi connectivity index (χ4v) is 1.44. The van der Waals surface area contributed by atoms with Crippen LogP contribution in [0.3, 0.4) is 0 Å². The van der Waals surface area contributed by atoms with Crippen molar-refractivity contribution in [3.05, 3.63) is 5.01 Å². The highest BCUT2D eigenvalue weighted by molar-refractivity contribution is 7.16. The zero-order chi connectivity index (χ0) is 12.7. The molecule has 0 radical (unpaired) electrons. The highest BCUT2D eigenvalue weighted by Gasteiger charge is 2.13. The summed E-state index contributed by atoms with van der Waals surface area (Å²) in [5, 5.41) is 15.8. The number of carbonyl (C=O) groups is 1. The van der Waals surface area contributed by atoms with Gasteiger partial charge in [-0.05, 0) is 20.3 Å². The van der Waals surface area contributed by atoms with Gasteiger partial charge in [0.25, 0.3) is 5.13 Å². The third-order valence-electron chi connectivity index (χ3n) is 1.69. The summed E-state index contributed by atoms with van der Waals surface area (Å²) >= 11 is 1.08. The number of esters is 1. The quantitative estimate of drug-likeness (QED) is 0.445. The number of nitrogens with zero attached hydrogens (tertiary/aromatic N) is 4. The smallest absolute Gasteiger partial charge is 0.369 e. The highest BCUT2D eigenvalue weighted by Crippen LogP contribution is 2.19. The lowest BCUT2D eigenvalue weighted by Gasteiger charge is -1.98. The minimum Gasteiger partial charge on any atom is -0.460 e. The largest absolute Gasteiger partial charge is 0.460 e. The molecule has 0 fully saturated rings. The summed E-state index contributed by atoms with van der Waals surface area (Å²) in [5.41, 5.74) is 0. The average Bonchev–Trinajstić information content (AvgIpc) is 2.75. The molecule has 0 aliphatic heterocycles. The molecule has 0 bridgehead atoms. The lowest BCUT2D eigenvalue weighted by atomic mass is 10.4. The van der Waals surface area contributed by atoms with E-state index in [4.69, 9.17) is 4.74 Å². The Morgan fingerprint density at radius 3 is 2.88 bits per heavy atom. The van der Waals surface area contributed by atoms with Gasteiger partial charge in [-0.2, -0.15) is 5.11 Å². The van der Waals surface area contributed by atoms with Crippen molar-refractivity contribution in [2.75, 3.05) is 6.61 Å². The van der Waals surface area contributed by atoms with Crippen LogP contribution in [-0.4, -0.2) is 28.8 Å². The maximum atomic E-state index is 11.5.